The Bertz CT molecular complexity index is 1600. The van der Waals surface area contributed by atoms with Gasteiger partial charge in [-0.3, -0.25) is 4.79 Å². The summed E-state index contributed by atoms with van der Waals surface area (Å²) in [6, 6.07) is 5.49. The van der Waals surface area contributed by atoms with Crippen LogP contribution in [0.15, 0.2) is 47.6 Å². The average molecular weight is 634 g/mol. The highest BCUT2D eigenvalue weighted by molar-refractivity contribution is 7.89. The number of nitrogens with zero attached hydrogens (tertiary/aromatic N) is 4. The minimum absolute atomic E-state index is 0.318. The molecule has 5 rings (SSSR count). The maximum Gasteiger partial charge on any atom is 0.416 e. The number of carboxylic acid groups (broad SMARTS) is 1. The van der Waals surface area contributed by atoms with Gasteiger partial charge < -0.3 is 20.6 Å². The molecule has 15 heteroatoms. The molecule has 2 aliphatic heterocycles. The number of sulfonamides is 1. The first-order chi connectivity index (χ1) is 21.0. The van der Waals surface area contributed by atoms with Crippen LogP contribution >= 0.6 is 0 Å². The van der Waals surface area contributed by atoms with Gasteiger partial charge in [0.1, 0.15) is 29.8 Å². The molecule has 11 nitrogen and oxygen atoms in total. The number of aryl methyl sites for hydroxylation is 1. The van der Waals surface area contributed by atoms with Gasteiger partial charge in [0.15, 0.2) is 0 Å². The molecule has 2 aromatic heterocycles. The molecule has 4 N–H and O–H groups in total. The lowest BCUT2D eigenvalue weighted by molar-refractivity contribution is -0.139. The number of rotatable bonds is 10. The molecule has 1 aromatic carbocycles. The van der Waals surface area contributed by atoms with Crippen LogP contribution in [0.25, 0.3) is 0 Å². The summed E-state index contributed by atoms with van der Waals surface area (Å²) < 4.78 is 66.2. The van der Waals surface area contributed by atoms with Crippen molar-refractivity contribution in [2.75, 3.05) is 41.7 Å². The second-order valence-corrected chi connectivity index (χ2v) is 12.5. The first-order valence-electron chi connectivity index (χ1n) is 14.4. The summed E-state index contributed by atoms with van der Waals surface area (Å²) in [6.45, 7) is 3.98. The number of carbonyl (C=O) groups is 1. The number of pyridine rings is 1. The van der Waals surface area contributed by atoms with Gasteiger partial charge in [0, 0.05) is 43.4 Å². The van der Waals surface area contributed by atoms with E-state index in [4.69, 9.17) is 4.98 Å². The third-order valence-electron chi connectivity index (χ3n) is 7.97. The van der Waals surface area contributed by atoms with Gasteiger partial charge in [0.25, 0.3) is 0 Å². The van der Waals surface area contributed by atoms with Gasteiger partial charge in [0.2, 0.25) is 10.0 Å². The molecule has 1 atom stereocenters. The Balaban J connectivity index is 1.24. The van der Waals surface area contributed by atoms with Crippen LogP contribution in [0, 0.1) is 0 Å². The predicted molar refractivity (Wildman–Crippen MR) is 158 cm³/mol. The van der Waals surface area contributed by atoms with Crippen molar-refractivity contribution in [2.45, 2.75) is 62.1 Å². The third-order valence-corrected chi connectivity index (χ3v) is 9.45. The summed E-state index contributed by atoms with van der Waals surface area (Å²) in [5, 5.41) is 16.1. The largest absolute Gasteiger partial charge is 0.480 e. The van der Waals surface area contributed by atoms with Crippen molar-refractivity contribution < 1.29 is 31.5 Å². The van der Waals surface area contributed by atoms with E-state index in [-0.39, 0.29) is 6.54 Å². The molecule has 0 saturated carbocycles. The summed E-state index contributed by atoms with van der Waals surface area (Å²) >= 11 is 0. The Morgan fingerprint density at radius 2 is 1.86 bits per heavy atom. The molecule has 0 spiro atoms. The highest BCUT2D eigenvalue weighted by Crippen LogP contribution is 2.34. The van der Waals surface area contributed by atoms with E-state index in [2.05, 4.69) is 42.4 Å². The molecule has 236 valence electrons. The average Bonchev–Trinajstić information content (AvgIpc) is 3.02. The molecule has 1 fully saturated rings. The van der Waals surface area contributed by atoms with Crippen LogP contribution in [0.2, 0.25) is 0 Å². The Kier molecular flexibility index (Phi) is 9.25. The quantitative estimate of drug-likeness (QED) is 0.258. The van der Waals surface area contributed by atoms with Crippen molar-refractivity contribution in [2.24, 2.45) is 0 Å². The molecule has 1 saturated heterocycles. The molecule has 0 aliphatic carbocycles. The van der Waals surface area contributed by atoms with E-state index in [9.17, 15) is 31.5 Å². The van der Waals surface area contributed by atoms with Crippen LogP contribution in [0.5, 0.6) is 0 Å². The van der Waals surface area contributed by atoms with Gasteiger partial charge >= 0.3 is 12.1 Å². The standard InChI is InChI=1S/C29H34F3N7O4S/c1-2-22-26(34-16-24(28(40)41)38-44(42,43)21-8-6-20(7-9-21)29(30,31)32)35-17-36-27(22)39-14-11-18(12-15-39)23-10-5-19-4-3-13-33-25(19)37-23/h5-10,17-18,24,38H,2-4,11-16H2,1H3,(H,33,37)(H,40,41)(H,34,35,36)/t24-/m0/s1. The van der Waals surface area contributed by atoms with E-state index >= 15 is 0 Å². The van der Waals surface area contributed by atoms with E-state index in [1.54, 1.807) is 0 Å². The topological polar surface area (TPSA) is 149 Å². The van der Waals surface area contributed by atoms with Crippen LogP contribution < -0.4 is 20.3 Å². The fourth-order valence-corrected chi connectivity index (χ4v) is 6.76. The molecular formula is C29H34F3N7O4S. The van der Waals surface area contributed by atoms with Gasteiger partial charge in [-0.05, 0) is 68.0 Å². The Morgan fingerprint density at radius 3 is 2.52 bits per heavy atom. The molecule has 0 bridgehead atoms. The highest BCUT2D eigenvalue weighted by atomic mass is 32.2. The van der Waals surface area contributed by atoms with E-state index < -0.39 is 38.7 Å². The lowest BCUT2D eigenvalue weighted by Gasteiger charge is -2.34. The summed E-state index contributed by atoms with van der Waals surface area (Å²) in [7, 11) is -4.43. The van der Waals surface area contributed by atoms with Crippen LogP contribution in [0.1, 0.15) is 54.5 Å². The first-order valence-corrected chi connectivity index (χ1v) is 15.9. The maximum absolute atomic E-state index is 12.9. The number of benzene rings is 1. The van der Waals surface area contributed by atoms with Crippen molar-refractivity contribution in [1.82, 2.24) is 19.7 Å². The molecule has 0 unspecified atom stereocenters. The van der Waals surface area contributed by atoms with Gasteiger partial charge in [-0.1, -0.05) is 13.0 Å². The lowest BCUT2D eigenvalue weighted by Crippen LogP contribution is -2.45. The van der Waals surface area contributed by atoms with Crippen molar-refractivity contribution in [3.05, 3.63) is 65.1 Å². The second kappa shape index (κ2) is 12.9. The van der Waals surface area contributed by atoms with Crippen LogP contribution in [-0.2, 0) is 33.8 Å². The van der Waals surface area contributed by atoms with Crippen molar-refractivity contribution in [1.29, 1.82) is 0 Å². The Morgan fingerprint density at radius 1 is 1.14 bits per heavy atom. The van der Waals surface area contributed by atoms with Gasteiger partial charge in [-0.25, -0.2) is 23.4 Å². The lowest BCUT2D eigenvalue weighted by atomic mass is 9.92. The number of alkyl halides is 3. The zero-order chi connectivity index (χ0) is 31.5. The second-order valence-electron chi connectivity index (χ2n) is 10.8. The number of aromatic nitrogens is 3. The summed E-state index contributed by atoms with van der Waals surface area (Å²) in [5.41, 5.74) is 2.08. The normalized spacial score (nSPS) is 16.6. The molecule has 44 heavy (non-hydrogen) atoms. The van der Waals surface area contributed by atoms with Crippen molar-refractivity contribution in [3.63, 3.8) is 0 Å². The minimum atomic E-state index is -4.64. The number of carboxylic acids is 1. The van der Waals surface area contributed by atoms with Crippen molar-refractivity contribution >= 4 is 33.4 Å². The SMILES string of the molecule is CCc1c(NC[C@H](NS(=O)(=O)c2ccc(C(F)(F)F)cc2)C(=O)O)ncnc1N1CCC(c2ccc3c(n2)NCCC3)CC1. The zero-order valence-electron chi connectivity index (χ0n) is 24.1. The predicted octanol–water partition coefficient (Wildman–Crippen LogP) is 4.04. The molecule has 4 heterocycles. The van der Waals surface area contributed by atoms with E-state index in [0.717, 1.165) is 80.3 Å². The van der Waals surface area contributed by atoms with Crippen LogP contribution in [0.4, 0.5) is 30.6 Å². The Labute approximate surface area is 253 Å². The first kappa shape index (κ1) is 31.4. The number of anilines is 3. The number of hydrogen-bond donors (Lipinski definition) is 4. The number of nitrogens with one attached hydrogen (secondary N) is 3. The molecule has 0 radical (unpaired) electrons. The number of piperidine rings is 1. The van der Waals surface area contributed by atoms with E-state index in [0.29, 0.717) is 30.3 Å². The van der Waals surface area contributed by atoms with Gasteiger partial charge in [-0.2, -0.15) is 17.9 Å². The number of halogens is 3. The number of aliphatic carboxylic acids is 1. The van der Waals surface area contributed by atoms with E-state index in [1.807, 2.05) is 6.92 Å². The van der Waals surface area contributed by atoms with Gasteiger partial charge in [0.05, 0.1) is 10.5 Å². The molecular weight excluding hydrogens is 599 g/mol. The summed E-state index contributed by atoms with van der Waals surface area (Å²) in [5.74, 6) is 0.937. The number of hydrogen-bond acceptors (Lipinski definition) is 9. The molecule has 0 amide bonds. The Hall–Kier alpha value is -3.98. The van der Waals surface area contributed by atoms with Gasteiger partial charge in [-0.15, -0.1) is 0 Å². The monoisotopic (exact) mass is 633 g/mol. The van der Waals surface area contributed by atoms with E-state index in [1.165, 1.54) is 11.9 Å². The van der Waals surface area contributed by atoms with Crippen LogP contribution in [-0.4, -0.2) is 66.7 Å². The van der Waals surface area contributed by atoms with Crippen LogP contribution in [0.3, 0.4) is 0 Å². The maximum atomic E-state index is 12.9. The minimum Gasteiger partial charge on any atom is -0.480 e. The zero-order valence-corrected chi connectivity index (χ0v) is 24.9. The highest BCUT2D eigenvalue weighted by Gasteiger charge is 2.32. The fraction of sp³-hybridized carbons (Fsp3) is 0.448. The summed E-state index contributed by atoms with van der Waals surface area (Å²) in [6.07, 6.45) is 1.19. The van der Waals surface area contributed by atoms with Crippen molar-refractivity contribution in [3.8, 4) is 0 Å². The molecule has 2 aliphatic rings. The number of fused-ring (bicyclic) bond motifs is 1. The fourth-order valence-electron chi connectivity index (χ4n) is 5.57. The summed E-state index contributed by atoms with van der Waals surface area (Å²) in [4.78, 5) is 27.3. The third kappa shape index (κ3) is 7.04. The molecule has 3 aromatic rings. The smallest absolute Gasteiger partial charge is 0.416 e.